The molecule has 6 aromatic heterocycles. The molecule has 530 valence electrons. The number of anilines is 1. The highest BCUT2D eigenvalue weighted by atomic mass is 127. The lowest BCUT2D eigenvalue weighted by atomic mass is 9.49. The molecule has 9 heterocycles. The Morgan fingerprint density at radius 2 is 0.505 bits per heavy atom. The molecule has 0 atom stereocenters. The number of halogens is 1. The number of hydrogen-bond acceptors (Lipinski definition) is 13. The predicted octanol–water partition coefficient (Wildman–Crippen LogP) is 24.2. The average Bonchev–Trinajstić information content (AvgIpc) is 1.59. The molecule has 13 nitrogen and oxygen atoms in total. The molecule has 2 N–H and O–H groups in total. The second kappa shape index (κ2) is 25.3. The third-order valence-electron chi connectivity index (χ3n) is 22.9. The zero-order valence-electron chi connectivity index (χ0n) is 61.6. The van der Waals surface area contributed by atoms with Crippen molar-refractivity contribution in [2.75, 3.05) is 5.73 Å². The van der Waals surface area contributed by atoms with Crippen molar-refractivity contribution < 1.29 is 54.4 Å². The first-order valence-electron chi connectivity index (χ1n) is 36.4. The molecule has 12 aromatic carbocycles. The van der Waals surface area contributed by atoms with Crippen LogP contribution in [-0.2, 0) is 27.9 Å². The van der Waals surface area contributed by atoms with Gasteiger partial charge in [-0.25, -0.2) is 0 Å². The fourth-order valence-electron chi connectivity index (χ4n) is 15.3. The third kappa shape index (κ3) is 11.3. The van der Waals surface area contributed by atoms with E-state index in [-0.39, 0.29) is 22.4 Å². The van der Waals surface area contributed by atoms with E-state index in [1.807, 2.05) is 171 Å². The van der Waals surface area contributed by atoms with Gasteiger partial charge >= 0.3 is 21.1 Å². The van der Waals surface area contributed by atoms with Gasteiger partial charge in [-0.1, -0.05) is 170 Å². The van der Waals surface area contributed by atoms with Crippen molar-refractivity contribution in [3.8, 4) is 33.4 Å². The van der Waals surface area contributed by atoms with E-state index in [2.05, 4.69) is 172 Å². The fourth-order valence-corrected chi connectivity index (χ4v) is 15.9. The first kappa shape index (κ1) is 68.7. The molecule has 0 unspecified atom stereocenters. The van der Waals surface area contributed by atoms with Gasteiger partial charge in [0.1, 0.15) is 61.4 Å². The van der Waals surface area contributed by atoms with E-state index in [4.69, 9.17) is 60.2 Å². The van der Waals surface area contributed by atoms with Crippen LogP contribution in [0, 0.1) is 3.57 Å². The van der Waals surface area contributed by atoms with Crippen molar-refractivity contribution in [2.45, 2.75) is 117 Å². The summed E-state index contributed by atoms with van der Waals surface area (Å²) in [5.74, 6) is 0. The molecule has 3 saturated heterocycles. The van der Waals surface area contributed by atoms with Crippen molar-refractivity contribution >= 4 is 187 Å². The van der Waals surface area contributed by atoms with E-state index in [0.29, 0.717) is 5.69 Å². The van der Waals surface area contributed by atoms with Crippen LogP contribution < -0.4 is 11.2 Å². The molecular weight excluding hydrogens is 1450 g/mol. The highest BCUT2D eigenvalue weighted by Crippen LogP contribution is 2.49. The lowest BCUT2D eigenvalue weighted by Gasteiger charge is -2.32. The van der Waals surface area contributed by atoms with Crippen LogP contribution in [0.2, 0.25) is 0 Å². The summed E-state index contributed by atoms with van der Waals surface area (Å²) >= 11 is 2.35. The Kier molecular flexibility index (Phi) is 16.2. The van der Waals surface area contributed by atoms with E-state index in [0.717, 1.165) is 163 Å². The summed E-state index contributed by atoms with van der Waals surface area (Å²) < 4.78 is 74.9. The van der Waals surface area contributed by atoms with Gasteiger partial charge in [0, 0.05) is 70.1 Å². The maximum atomic E-state index is 6.49. The standard InChI is InChI=1S/C30H25BO4.C24H13IO2.C24H15NO2.C12H24B2O4/c1-29(2)30(3,4)35-31(34-29)22-17-16-19(27-21-11-6-8-14-24(21)33-28(22)27)18-12-9-15-25-26(18)20-10-5-7-13-23(20)32-25;2*25-18-13-12-15(23-17-7-2-4-10-20(17)27-24(18)23)14-8-5-11-21-22(14)16-6-1-3-9-19(16)26-21;1-9(2)10(3,4)16-13(15-9)14-17-11(5,6)12(7,8)18-14/h5-17H,1-4H3;1-13H;1-13H,25H2;1-8H3. The number of nitrogen functional groups attached to an aromatic ring is 1. The van der Waals surface area contributed by atoms with E-state index in [9.17, 15) is 0 Å². The van der Waals surface area contributed by atoms with Crippen LogP contribution in [0.4, 0.5) is 5.69 Å². The predicted molar refractivity (Wildman–Crippen MR) is 444 cm³/mol. The molecule has 0 bridgehead atoms. The van der Waals surface area contributed by atoms with Crippen molar-refractivity contribution in [1.29, 1.82) is 0 Å². The number of furan rings is 6. The van der Waals surface area contributed by atoms with Gasteiger partial charge in [-0.05, 0) is 206 Å². The van der Waals surface area contributed by atoms with E-state index >= 15 is 0 Å². The molecule has 3 fully saturated rings. The summed E-state index contributed by atoms with van der Waals surface area (Å²) in [7, 11) is -1.46. The molecule has 3 aliphatic heterocycles. The molecule has 0 spiro atoms. The monoisotopic (exact) mass is 1520 g/mol. The Bertz CT molecular complexity index is 6270. The zero-order valence-corrected chi connectivity index (χ0v) is 63.8. The molecular formula is C90H77B3INO12. The van der Waals surface area contributed by atoms with Crippen LogP contribution >= 0.6 is 22.6 Å². The SMILES string of the molecule is CC1(C)OB(B2OC(C)(C)C(C)(C)O2)OC1(C)C.CC1(C)OB(c2ccc(-c3cccc4oc5ccccc5c34)c3c2oc2ccccc23)OC1(C)C.Ic1ccc(-c2cccc3oc4ccccc4c23)c2c1oc1ccccc12.Nc1ccc(-c2cccc3oc4ccccc4c23)c2c1oc1ccccc12. The van der Waals surface area contributed by atoms with Crippen LogP contribution in [-0.4, -0.2) is 54.7 Å². The summed E-state index contributed by atoms with van der Waals surface area (Å²) in [6.07, 6.45) is 0. The molecule has 17 heteroatoms. The Morgan fingerprint density at radius 1 is 0.243 bits per heavy atom. The Balaban J connectivity index is 0.000000103. The minimum atomic E-state index is -0.511. The van der Waals surface area contributed by atoms with Crippen LogP contribution in [0.25, 0.3) is 165 Å². The van der Waals surface area contributed by atoms with Gasteiger partial charge < -0.3 is 60.2 Å². The maximum Gasteiger partial charge on any atom is 0.498 e. The molecule has 18 aromatic rings. The fraction of sp³-hybridized carbons (Fsp3) is 0.200. The second-order valence-electron chi connectivity index (χ2n) is 31.1. The largest absolute Gasteiger partial charge is 0.498 e. The summed E-state index contributed by atoms with van der Waals surface area (Å²) in [5, 5.41) is 13.3. The Hall–Kier alpha value is -10.1. The van der Waals surface area contributed by atoms with Crippen molar-refractivity contribution in [3.63, 3.8) is 0 Å². The molecule has 0 aliphatic carbocycles. The van der Waals surface area contributed by atoms with Crippen LogP contribution in [0.5, 0.6) is 0 Å². The Morgan fingerprint density at radius 3 is 0.879 bits per heavy atom. The minimum Gasteiger partial charge on any atom is -0.456 e. The Labute approximate surface area is 632 Å². The second-order valence-corrected chi connectivity index (χ2v) is 32.2. The number of hydrogen-bond donors (Lipinski definition) is 1. The van der Waals surface area contributed by atoms with Crippen molar-refractivity contribution in [2.24, 2.45) is 0 Å². The maximum absolute atomic E-state index is 6.49. The molecule has 21 rings (SSSR count). The van der Waals surface area contributed by atoms with Gasteiger partial charge in [-0.2, -0.15) is 0 Å². The third-order valence-corrected chi connectivity index (χ3v) is 23.8. The van der Waals surface area contributed by atoms with Crippen molar-refractivity contribution in [1.82, 2.24) is 0 Å². The summed E-state index contributed by atoms with van der Waals surface area (Å²) in [6, 6.07) is 80.3. The lowest BCUT2D eigenvalue weighted by molar-refractivity contribution is 0.00578. The van der Waals surface area contributed by atoms with E-state index in [1.54, 1.807) is 0 Å². The highest BCUT2D eigenvalue weighted by molar-refractivity contribution is 14.1. The van der Waals surface area contributed by atoms with Gasteiger partial charge in [-0.3, -0.25) is 0 Å². The number of fused-ring (bicyclic) bond motifs is 18. The van der Waals surface area contributed by atoms with Gasteiger partial charge in [0.05, 0.1) is 42.9 Å². The molecule has 3 aliphatic rings. The minimum absolute atomic E-state index is 0.360. The van der Waals surface area contributed by atoms with E-state index < -0.39 is 32.3 Å². The number of para-hydroxylation sites is 6. The molecule has 0 amide bonds. The number of rotatable bonds is 5. The van der Waals surface area contributed by atoms with Crippen LogP contribution in [0.3, 0.4) is 0 Å². The van der Waals surface area contributed by atoms with Gasteiger partial charge in [0.25, 0.3) is 0 Å². The number of nitrogens with two attached hydrogens (primary N) is 1. The lowest BCUT2D eigenvalue weighted by Crippen LogP contribution is -2.41. The zero-order chi connectivity index (χ0) is 73.8. The highest BCUT2D eigenvalue weighted by Gasteiger charge is 2.64. The van der Waals surface area contributed by atoms with Gasteiger partial charge in [0.2, 0.25) is 0 Å². The summed E-state index contributed by atoms with van der Waals surface area (Å²) in [4.78, 5) is 0. The molecule has 0 saturated carbocycles. The topological polar surface area (TPSA) is 160 Å². The molecule has 0 radical (unpaired) electrons. The number of benzene rings is 12. The first-order chi connectivity index (χ1) is 51.3. The van der Waals surface area contributed by atoms with Crippen LogP contribution in [0.15, 0.2) is 263 Å². The smallest absolute Gasteiger partial charge is 0.456 e. The summed E-state index contributed by atoms with van der Waals surface area (Å²) in [6.45, 7) is 24.5. The normalized spacial score (nSPS) is 17.0. The van der Waals surface area contributed by atoms with E-state index in [1.165, 1.54) is 11.1 Å². The quantitative estimate of drug-likeness (QED) is 0.0986. The average molecular weight is 1520 g/mol. The van der Waals surface area contributed by atoms with Crippen LogP contribution in [0.1, 0.15) is 83.1 Å². The van der Waals surface area contributed by atoms with Gasteiger partial charge in [0.15, 0.2) is 5.58 Å². The molecule has 107 heavy (non-hydrogen) atoms. The van der Waals surface area contributed by atoms with Crippen molar-refractivity contribution in [3.05, 3.63) is 240 Å². The first-order valence-corrected chi connectivity index (χ1v) is 37.4. The summed E-state index contributed by atoms with van der Waals surface area (Å²) in [5.41, 5.74) is 22.7. The van der Waals surface area contributed by atoms with Gasteiger partial charge in [-0.15, -0.1) is 0 Å².